The molecule has 2 aromatic carbocycles. The normalized spacial score (nSPS) is 22.7. The molecule has 1 amide bonds. The predicted molar refractivity (Wildman–Crippen MR) is 123 cm³/mol. The van der Waals surface area contributed by atoms with Crippen molar-refractivity contribution in [1.29, 1.82) is 0 Å². The molecule has 5 rings (SSSR count). The average molecular weight is 467 g/mol. The number of aromatic amines is 1. The number of ether oxygens (including phenoxy) is 1. The lowest BCUT2D eigenvalue weighted by molar-refractivity contribution is -0.156. The van der Waals surface area contributed by atoms with E-state index in [0.717, 1.165) is 22.0 Å². The Morgan fingerprint density at radius 2 is 1.88 bits per heavy atom. The molecule has 3 atom stereocenters. The van der Waals surface area contributed by atoms with Crippen molar-refractivity contribution >= 4 is 32.6 Å². The number of amides is 1. The van der Waals surface area contributed by atoms with Crippen LogP contribution >= 0.6 is 0 Å². The first-order valence-corrected chi connectivity index (χ1v) is 12.7. The number of esters is 1. The molecule has 1 saturated heterocycles. The number of carbonyl (C=O) groups is 2. The fourth-order valence-electron chi connectivity index (χ4n) is 5.27. The number of sulfone groups is 1. The van der Waals surface area contributed by atoms with E-state index in [-0.39, 0.29) is 23.8 Å². The van der Waals surface area contributed by atoms with Gasteiger partial charge in [-0.3, -0.25) is 9.59 Å². The van der Waals surface area contributed by atoms with Gasteiger partial charge in [0.15, 0.2) is 9.84 Å². The van der Waals surface area contributed by atoms with Crippen molar-refractivity contribution in [1.82, 2.24) is 9.88 Å². The number of aromatic nitrogens is 1. The van der Waals surface area contributed by atoms with Crippen LogP contribution in [0.4, 0.5) is 0 Å². The van der Waals surface area contributed by atoms with Crippen molar-refractivity contribution < 1.29 is 22.7 Å². The van der Waals surface area contributed by atoms with E-state index in [1.165, 1.54) is 0 Å². The van der Waals surface area contributed by atoms with Crippen LogP contribution in [0, 0.1) is 12.8 Å². The number of carbonyl (C=O) groups excluding carboxylic acids is 2. The highest BCUT2D eigenvalue weighted by molar-refractivity contribution is 7.92. The second-order valence-electron chi connectivity index (χ2n) is 8.73. The van der Waals surface area contributed by atoms with Gasteiger partial charge >= 0.3 is 5.97 Å². The van der Waals surface area contributed by atoms with Crippen molar-refractivity contribution in [2.24, 2.45) is 5.92 Å². The first-order valence-electron chi connectivity index (χ1n) is 11.2. The molecule has 8 heteroatoms. The van der Waals surface area contributed by atoms with Crippen LogP contribution in [0.25, 0.3) is 10.9 Å². The Morgan fingerprint density at radius 3 is 2.61 bits per heavy atom. The molecule has 2 aliphatic heterocycles. The molecular weight excluding hydrogens is 440 g/mol. The maximum absolute atomic E-state index is 14.0. The third-order valence-corrected chi connectivity index (χ3v) is 9.03. The molecule has 2 aliphatic rings. The molecule has 1 aromatic heterocycles. The van der Waals surface area contributed by atoms with Gasteiger partial charge in [0.25, 0.3) is 0 Å². The highest BCUT2D eigenvalue weighted by atomic mass is 32.2. The molecule has 1 fully saturated rings. The molecule has 0 bridgehead atoms. The monoisotopic (exact) mass is 466 g/mol. The molecule has 7 nitrogen and oxygen atoms in total. The quantitative estimate of drug-likeness (QED) is 0.595. The molecule has 3 heterocycles. The molecule has 172 valence electrons. The van der Waals surface area contributed by atoms with Gasteiger partial charge in [-0.15, -0.1) is 0 Å². The number of rotatable bonds is 4. The van der Waals surface area contributed by atoms with Gasteiger partial charge in [0.05, 0.1) is 23.5 Å². The molecule has 0 aliphatic carbocycles. The highest BCUT2D eigenvalue weighted by Crippen LogP contribution is 2.46. The summed E-state index contributed by atoms with van der Waals surface area (Å²) in [5, 5.41) is -0.131. The van der Waals surface area contributed by atoms with E-state index in [2.05, 4.69) is 4.98 Å². The van der Waals surface area contributed by atoms with E-state index in [1.807, 2.05) is 31.2 Å². The van der Waals surface area contributed by atoms with Gasteiger partial charge in [-0.25, -0.2) is 8.42 Å². The molecular formula is C25H26N2O5S. The third kappa shape index (κ3) is 3.44. The van der Waals surface area contributed by atoms with Gasteiger partial charge in [0.2, 0.25) is 5.91 Å². The van der Waals surface area contributed by atoms with Crippen LogP contribution in [0.2, 0.25) is 0 Å². The zero-order valence-corrected chi connectivity index (χ0v) is 19.4. The van der Waals surface area contributed by atoms with Gasteiger partial charge in [-0.1, -0.05) is 35.9 Å². The summed E-state index contributed by atoms with van der Waals surface area (Å²) in [5.74, 6) is -1.95. The minimum absolute atomic E-state index is 0.118. The van der Waals surface area contributed by atoms with E-state index in [9.17, 15) is 18.0 Å². The molecule has 0 radical (unpaired) electrons. The summed E-state index contributed by atoms with van der Waals surface area (Å²) in [4.78, 5) is 31.3. The summed E-state index contributed by atoms with van der Waals surface area (Å²) in [6, 6.07) is 13.6. The van der Waals surface area contributed by atoms with Crippen molar-refractivity contribution in [2.45, 2.75) is 42.9 Å². The predicted octanol–water partition coefficient (Wildman–Crippen LogP) is 3.33. The largest absolute Gasteiger partial charge is 0.466 e. The van der Waals surface area contributed by atoms with Crippen molar-refractivity contribution in [2.75, 3.05) is 13.2 Å². The molecule has 0 unspecified atom stereocenters. The summed E-state index contributed by atoms with van der Waals surface area (Å²) in [6.45, 7) is 4.09. The lowest BCUT2D eigenvalue weighted by Crippen LogP contribution is -2.56. The SMILES string of the molecule is CCOC(=O)[C@H]1CC(=O)N2CCc3c([nH]c4ccccc34)[C@H]2[C@@H]1S(=O)(=O)c1ccc(C)cc1. The number of benzene rings is 2. The zero-order valence-electron chi connectivity index (χ0n) is 18.6. The van der Waals surface area contributed by atoms with Crippen LogP contribution in [-0.4, -0.2) is 48.6 Å². The van der Waals surface area contributed by atoms with Gasteiger partial charge in [0.1, 0.15) is 5.25 Å². The number of hydrogen-bond donors (Lipinski definition) is 1. The van der Waals surface area contributed by atoms with E-state index in [1.54, 1.807) is 36.1 Å². The van der Waals surface area contributed by atoms with E-state index in [4.69, 9.17) is 4.74 Å². The molecule has 3 aromatic rings. The summed E-state index contributed by atoms with van der Waals surface area (Å²) in [5.41, 5.74) is 3.53. The van der Waals surface area contributed by atoms with Gasteiger partial charge in [-0.2, -0.15) is 0 Å². The summed E-state index contributed by atoms with van der Waals surface area (Å²) >= 11 is 0. The molecule has 1 N–H and O–H groups in total. The maximum Gasteiger partial charge on any atom is 0.310 e. The van der Waals surface area contributed by atoms with Crippen LogP contribution in [0.1, 0.15) is 36.2 Å². The molecule has 0 saturated carbocycles. The first kappa shape index (κ1) is 21.7. The van der Waals surface area contributed by atoms with Crippen molar-refractivity contribution in [3.63, 3.8) is 0 Å². The van der Waals surface area contributed by atoms with Crippen LogP contribution in [0.5, 0.6) is 0 Å². The smallest absolute Gasteiger partial charge is 0.310 e. The van der Waals surface area contributed by atoms with E-state index >= 15 is 0 Å². The Balaban J connectivity index is 1.72. The lowest BCUT2D eigenvalue weighted by atomic mass is 9.84. The number of hydrogen-bond acceptors (Lipinski definition) is 5. The number of aryl methyl sites for hydroxylation is 1. The molecule has 33 heavy (non-hydrogen) atoms. The Hall–Kier alpha value is -3.13. The van der Waals surface area contributed by atoms with Crippen LogP contribution in [0.3, 0.4) is 0 Å². The Kier molecular flexibility index (Phi) is 5.28. The van der Waals surface area contributed by atoms with E-state index in [0.29, 0.717) is 18.7 Å². The average Bonchev–Trinajstić information content (AvgIpc) is 3.18. The lowest BCUT2D eigenvalue weighted by Gasteiger charge is -2.46. The number of H-pyrrole nitrogens is 1. The van der Waals surface area contributed by atoms with Gasteiger partial charge < -0.3 is 14.6 Å². The Labute approximate surface area is 192 Å². The number of piperidine rings is 1. The highest BCUT2D eigenvalue weighted by Gasteiger charge is 2.55. The zero-order chi connectivity index (χ0) is 23.3. The van der Waals surface area contributed by atoms with E-state index < -0.39 is 33.0 Å². The number of para-hydroxylation sites is 1. The van der Waals surface area contributed by atoms with Crippen molar-refractivity contribution in [3.8, 4) is 0 Å². The first-order chi connectivity index (χ1) is 15.8. The maximum atomic E-state index is 14.0. The summed E-state index contributed by atoms with van der Waals surface area (Å²) in [6.07, 6.45) is 0.448. The fourth-order valence-corrected chi connectivity index (χ4v) is 7.36. The summed E-state index contributed by atoms with van der Waals surface area (Å²) < 4.78 is 33.3. The fraction of sp³-hybridized carbons (Fsp3) is 0.360. The minimum atomic E-state index is -3.98. The second kappa shape index (κ2) is 8.02. The van der Waals surface area contributed by atoms with Crippen LogP contribution in [0.15, 0.2) is 53.4 Å². The van der Waals surface area contributed by atoms with Gasteiger partial charge in [-0.05, 0) is 44.0 Å². The number of nitrogens with zero attached hydrogens (tertiary/aromatic N) is 1. The van der Waals surface area contributed by atoms with Crippen LogP contribution < -0.4 is 0 Å². The van der Waals surface area contributed by atoms with Crippen LogP contribution in [-0.2, 0) is 30.6 Å². The van der Waals surface area contributed by atoms with Gasteiger partial charge in [0, 0.05) is 29.6 Å². The summed E-state index contributed by atoms with van der Waals surface area (Å²) in [7, 11) is -3.98. The Morgan fingerprint density at radius 1 is 1.15 bits per heavy atom. The topological polar surface area (TPSA) is 96.5 Å². The van der Waals surface area contributed by atoms with Crippen molar-refractivity contribution in [3.05, 3.63) is 65.4 Å². The third-order valence-electron chi connectivity index (χ3n) is 6.80. The Bertz CT molecular complexity index is 1340. The molecule has 0 spiro atoms. The number of nitrogens with one attached hydrogen (secondary N) is 1. The standard InChI is InChI=1S/C25H26N2O5S/c1-3-32-25(29)19-14-21(28)27-13-12-18-17-6-4-5-7-20(17)26-22(18)23(27)24(19)33(30,31)16-10-8-15(2)9-11-16/h4-11,19,23-24,26H,3,12-14H2,1-2H3/t19-,23-,24+/m0/s1. The number of fused-ring (bicyclic) bond motifs is 5. The minimum Gasteiger partial charge on any atom is -0.466 e. The second-order valence-corrected chi connectivity index (χ2v) is 10.8.